The van der Waals surface area contributed by atoms with Crippen LogP contribution in [-0.2, 0) is 18.9 Å². The smallest absolute Gasteiger partial charge is 0.410 e. The Morgan fingerprint density at radius 2 is 1.18 bits per heavy atom. The van der Waals surface area contributed by atoms with Gasteiger partial charge in [0.2, 0.25) is 0 Å². The summed E-state index contributed by atoms with van der Waals surface area (Å²) in [5, 5.41) is 9.66. The Labute approximate surface area is 252 Å². The van der Waals surface area contributed by atoms with E-state index >= 15 is 0 Å². The van der Waals surface area contributed by atoms with Gasteiger partial charge in [-0.25, -0.2) is 14.4 Å². The Morgan fingerprint density at radius 3 is 1.48 bits per heavy atom. The molecule has 0 radical (unpaired) electrons. The maximum Gasteiger partial charge on any atom is 0.410 e. The number of aliphatic hydroxyl groups is 1. The van der Waals surface area contributed by atoms with Gasteiger partial charge in [0.1, 0.15) is 16.8 Å². The van der Waals surface area contributed by atoms with Crippen LogP contribution in [0.5, 0.6) is 0 Å². The molecule has 3 aliphatic heterocycles. The third-order valence-corrected chi connectivity index (χ3v) is 5.42. The average molecular weight is 636 g/mol. The quantitative estimate of drug-likeness (QED) is 0.253. The highest BCUT2D eigenvalue weighted by molar-refractivity contribution is 6.93. The van der Waals surface area contributed by atoms with Gasteiger partial charge in [-0.3, -0.25) is 4.79 Å². The van der Waals surface area contributed by atoms with E-state index in [-0.39, 0.29) is 6.09 Å². The summed E-state index contributed by atoms with van der Waals surface area (Å²) in [6.07, 6.45) is 3.00. The predicted molar refractivity (Wildman–Crippen MR) is 153 cm³/mol. The number of rotatable bonds is 1. The van der Waals surface area contributed by atoms with E-state index in [1.807, 2.05) is 20.8 Å². The van der Waals surface area contributed by atoms with E-state index in [0.29, 0.717) is 39.0 Å². The molecule has 0 aromatic heterocycles. The Balaban J connectivity index is 0.000000586. The minimum Gasteiger partial charge on any atom is -0.445 e. The first-order chi connectivity index (χ1) is 18.0. The van der Waals surface area contributed by atoms with Gasteiger partial charge in [-0.05, 0) is 97.9 Å². The Morgan fingerprint density at radius 1 is 0.775 bits per heavy atom. The van der Waals surface area contributed by atoms with Crippen molar-refractivity contribution < 1.29 is 43.2 Å². The van der Waals surface area contributed by atoms with Gasteiger partial charge in [0.15, 0.2) is 0 Å². The molecule has 1 N–H and O–H groups in total. The van der Waals surface area contributed by atoms with Gasteiger partial charge in [-0.2, -0.15) is 0 Å². The summed E-state index contributed by atoms with van der Waals surface area (Å²) in [5.41, 5.74) is -3.31. The van der Waals surface area contributed by atoms with Gasteiger partial charge in [0, 0.05) is 44.3 Å². The molecule has 2 unspecified atom stereocenters. The SMILES string of the molecule is C1CCOC1.CC(C)(C)OC(=O)N1CCC(C)(OC(=O)Cl)C1.CC1(O)CCN(C(=O)OC(C)(C)C)C1.O=C(Cl)Cl. The molecule has 40 heavy (non-hydrogen) atoms. The molecule has 0 spiro atoms. The van der Waals surface area contributed by atoms with Gasteiger partial charge in [0.05, 0.1) is 18.7 Å². The molecule has 0 aliphatic carbocycles. The molecular formula is C26H45Cl3N2O9. The summed E-state index contributed by atoms with van der Waals surface area (Å²) in [4.78, 5) is 46.1. The zero-order chi connectivity index (χ0) is 31.4. The van der Waals surface area contributed by atoms with Crippen LogP contribution in [0.15, 0.2) is 0 Å². The Bertz CT molecular complexity index is 829. The summed E-state index contributed by atoms with van der Waals surface area (Å²) in [7, 11) is 0. The molecule has 3 aliphatic rings. The number of carbonyl (C=O) groups excluding carboxylic acids is 4. The van der Waals surface area contributed by atoms with Crippen LogP contribution in [0.4, 0.5) is 19.2 Å². The van der Waals surface area contributed by atoms with Crippen molar-refractivity contribution in [2.45, 2.75) is 103 Å². The Hall–Kier alpha value is -1.53. The van der Waals surface area contributed by atoms with Crippen molar-refractivity contribution in [1.82, 2.24) is 9.80 Å². The van der Waals surface area contributed by atoms with Crippen LogP contribution in [0.25, 0.3) is 0 Å². The number of hydrogen-bond donors (Lipinski definition) is 1. The molecule has 0 aromatic carbocycles. The summed E-state index contributed by atoms with van der Waals surface area (Å²) in [5.74, 6) is 0. The van der Waals surface area contributed by atoms with Crippen LogP contribution >= 0.6 is 34.8 Å². The number of nitrogens with zero attached hydrogens (tertiary/aromatic N) is 2. The van der Waals surface area contributed by atoms with Gasteiger partial charge < -0.3 is 33.9 Å². The number of hydrogen-bond acceptors (Lipinski definition) is 9. The summed E-state index contributed by atoms with van der Waals surface area (Å²) < 4.78 is 19.5. The summed E-state index contributed by atoms with van der Waals surface area (Å²) in [6.45, 7) is 18.1. The fourth-order valence-corrected chi connectivity index (χ4v) is 3.82. The minimum atomic E-state index is -0.889. The monoisotopic (exact) mass is 634 g/mol. The van der Waals surface area contributed by atoms with Crippen molar-refractivity contribution in [3.8, 4) is 0 Å². The molecule has 3 heterocycles. The van der Waals surface area contributed by atoms with Gasteiger partial charge in [-0.15, -0.1) is 0 Å². The lowest BCUT2D eigenvalue weighted by Crippen LogP contribution is -2.39. The average Bonchev–Trinajstić information content (AvgIpc) is 3.47. The summed E-state index contributed by atoms with van der Waals surface area (Å²) >= 11 is 14.0. The normalized spacial score (nSPS) is 23.9. The van der Waals surface area contributed by atoms with E-state index < -0.39 is 38.6 Å². The fraction of sp³-hybridized carbons (Fsp3) is 0.846. The van der Waals surface area contributed by atoms with Crippen molar-refractivity contribution in [1.29, 1.82) is 0 Å². The van der Waals surface area contributed by atoms with Crippen molar-refractivity contribution in [2.24, 2.45) is 0 Å². The highest BCUT2D eigenvalue weighted by atomic mass is 35.5. The lowest BCUT2D eigenvalue weighted by atomic mass is 10.1. The van der Waals surface area contributed by atoms with Crippen LogP contribution in [0, 0.1) is 0 Å². The first kappa shape index (κ1) is 38.5. The molecule has 2 amide bonds. The van der Waals surface area contributed by atoms with Crippen LogP contribution in [-0.4, -0.2) is 99.0 Å². The van der Waals surface area contributed by atoms with Crippen molar-refractivity contribution in [3.63, 3.8) is 0 Å². The minimum absolute atomic E-state index is 0.306. The molecule has 14 heteroatoms. The van der Waals surface area contributed by atoms with Gasteiger partial charge >= 0.3 is 22.3 Å². The highest BCUT2D eigenvalue weighted by Gasteiger charge is 2.40. The second kappa shape index (κ2) is 16.8. The number of halogens is 3. The third-order valence-electron chi connectivity index (χ3n) is 5.35. The lowest BCUT2D eigenvalue weighted by Gasteiger charge is -2.26. The van der Waals surface area contributed by atoms with Crippen LogP contribution in [0.2, 0.25) is 0 Å². The largest absolute Gasteiger partial charge is 0.445 e. The van der Waals surface area contributed by atoms with Crippen LogP contribution in [0.3, 0.4) is 0 Å². The van der Waals surface area contributed by atoms with Crippen molar-refractivity contribution in [2.75, 3.05) is 39.4 Å². The Kier molecular flexibility index (Phi) is 16.2. The van der Waals surface area contributed by atoms with E-state index in [1.54, 1.807) is 39.5 Å². The van der Waals surface area contributed by atoms with Gasteiger partial charge in [-0.1, -0.05) is 0 Å². The maximum atomic E-state index is 11.8. The molecule has 0 saturated carbocycles. The van der Waals surface area contributed by atoms with E-state index in [4.69, 9.17) is 35.3 Å². The molecule has 11 nitrogen and oxygen atoms in total. The fourth-order valence-electron chi connectivity index (χ4n) is 3.63. The molecule has 0 aromatic rings. The molecule has 234 valence electrons. The number of carbonyl (C=O) groups is 4. The zero-order valence-electron chi connectivity index (χ0n) is 24.8. The lowest BCUT2D eigenvalue weighted by molar-refractivity contribution is 0.0168. The number of amides is 2. The topological polar surface area (TPSA) is 132 Å². The van der Waals surface area contributed by atoms with Crippen LogP contribution in [0.1, 0.15) is 81.1 Å². The molecular weight excluding hydrogens is 591 g/mol. The number of ether oxygens (including phenoxy) is 4. The predicted octanol–water partition coefficient (Wildman–Crippen LogP) is 6.52. The first-order valence-electron chi connectivity index (χ1n) is 13.0. The molecule has 3 rings (SSSR count). The number of β-amino-alcohol motifs (C(OH)–C–C–N with tert-alkyl or cyclic N) is 1. The zero-order valence-corrected chi connectivity index (χ0v) is 27.1. The van der Waals surface area contributed by atoms with Gasteiger partial charge in [0.25, 0.3) is 0 Å². The van der Waals surface area contributed by atoms with E-state index in [0.717, 1.165) is 13.2 Å². The van der Waals surface area contributed by atoms with E-state index in [2.05, 4.69) is 23.2 Å². The third kappa shape index (κ3) is 19.5. The standard InChI is InChI=1S/C11H18ClNO4.C10H19NO3.C4H8O.CCl2O/c1-10(2,3)17-9(15)13-6-5-11(4,7-13)16-8(12)14;1-9(2,3)14-8(12)11-6-5-10(4,13)7-11;1-2-4-5-3-1;2-1(3)4/h5-7H2,1-4H3;13H,5-7H2,1-4H3;1-4H2;. The summed E-state index contributed by atoms with van der Waals surface area (Å²) in [6, 6.07) is 0. The highest BCUT2D eigenvalue weighted by Crippen LogP contribution is 2.27. The van der Waals surface area contributed by atoms with E-state index in [1.165, 1.54) is 17.7 Å². The van der Waals surface area contributed by atoms with E-state index in [9.17, 15) is 19.5 Å². The second-order valence-electron chi connectivity index (χ2n) is 12.1. The van der Waals surface area contributed by atoms with Crippen molar-refractivity contribution in [3.05, 3.63) is 0 Å². The molecule has 3 fully saturated rings. The second-order valence-corrected chi connectivity index (χ2v) is 13.3. The van der Waals surface area contributed by atoms with Crippen molar-refractivity contribution >= 4 is 57.1 Å². The number of likely N-dealkylation sites (tertiary alicyclic amines) is 2. The molecule has 0 bridgehead atoms. The molecule has 2 atom stereocenters. The maximum absolute atomic E-state index is 11.8. The molecule has 3 saturated heterocycles. The van der Waals surface area contributed by atoms with Crippen LogP contribution < -0.4 is 0 Å². The first-order valence-corrected chi connectivity index (χ1v) is 14.2.